The van der Waals surface area contributed by atoms with Gasteiger partial charge >= 0.3 is 0 Å². The Balaban J connectivity index is 1.77. The van der Waals surface area contributed by atoms with E-state index in [2.05, 4.69) is 32.7 Å². The lowest BCUT2D eigenvalue weighted by Crippen LogP contribution is -2.23. The van der Waals surface area contributed by atoms with Crippen molar-refractivity contribution in [3.63, 3.8) is 0 Å². The van der Waals surface area contributed by atoms with Crippen LogP contribution in [0.15, 0.2) is 24.5 Å². The smallest absolute Gasteiger partial charge is 0.227 e. The molecule has 5 heteroatoms. The summed E-state index contributed by atoms with van der Waals surface area (Å²) in [5.41, 5.74) is 2.53. The molecule has 0 bridgehead atoms. The van der Waals surface area contributed by atoms with Crippen LogP contribution in [0.5, 0.6) is 0 Å². The Hall–Kier alpha value is -2.17. The Bertz CT molecular complexity index is 674. The molecule has 1 amide bonds. The van der Waals surface area contributed by atoms with Crippen LogP contribution >= 0.6 is 0 Å². The molecule has 2 aromatic heterocycles. The molecule has 3 rings (SSSR count). The van der Waals surface area contributed by atoms with Gasteiger partial charge in [0.15, 0.2) is 5.65 Å². The minimum Gasteiger partial charge on any atom is -0.324 e. The van der Waals surface area contributed by atoms with Gasteiger partial charge in [-0.2, -0.15) is 5.10 Å². The van der Waals surface area contributed by atoms with Gasteiger partial charge in [-0.3, -0.25) is 9.89 Å². The van der Waals surface area contributed by atoms with E-state index in [1.165, 1.54) is 6.42 Å². The molecule has 1 aliphatic rings. The number of hydrogen-bond donors (Lipinski definition) is 2. The van der Waals surface area contributed by atoms with E-state index in [-0.39, 0.29) is 11.8 Å². The molecule has 2 aromatic rings. The molecule has 110 valence electrons. The Morgan fingerprint density at radius 1 is 1.33 bits per heavy atom. The van der Waals surface area contributed by atoms with Gasteiger partial charge in [0, 0.05) is 11.3 Å². The highest BCUT2D eigenvalue weighted by molar-refractivity contribution is 5.96. The average Bonchev–Trinajstić information content (AvgIpc) is 2.90. The summed E-state index contributed by atoms with van der Waals surface area (Å²) < 4.78 is 0. The number of carbonyl (C=O) groups excluding carboxylic acids is 1. The van der Waals surface area contributed by atoms with Crippen molar-refractivity contribution in [1.82, 2.24) is 15.2 Å². The van der Waals surface area contributed by atoms with Crippen molar-refractivity contribution in [1.29, 1.82) is 0 Å². The summed E-state index contributed by atoms with van der Waals surface area (Å²) in [7, 11) is 0. The first kappa shape index (κ1) is 13.8. The highest BCUT2D eigenvalue weighted by atomic mass is 16.1. The van der Waals surface area contributed by atoms with Crippen molar-refractivity contribution < 1.29 is 4.79 Å². The van der Waals surface area contributed by atoms with E-state index in [0.717, 1.165) is 48.0 Å². The molecule has 5 nitrogen and oxygen atoms in total. The lowest BCUT2D eigenvalue weighted by molar-refractivity contribution is -0.120. The molecule has 21 heavy (non-hydrogen) atoms. The summed E-state index contributed by atoms with van der Waals surface area (Å²) >= 11 is 0. The van der Waals surface area contributed by atoms with Crippen molar-refractivity contribution in [3.8, 4) is 0 Å². The van der Waals surface area contributed by atoms with Crippen LogP contribution in [0, 0.1) is 12.8 Å². The zero-order chi connectivity index (χ0) is 14.7. The van der Waals surface area contributed by atoms with E-state index in [1.54, 1.807) is 12.4 Å². The number of rotatable bonds is 2. The quantitative estimate of drug-likeness (QED) is 0.831. The largest absolute Gasteiger partial charge is 0.324 e. The Kier molecular flexibility index (Phi) is 3.99. The molecule has 1 unspecified atom stereocenters. The Labute approximate surface area is 123 Å². The molecule has 0 saturated heterocycles. The van der Waals surface area contributed by atoms with E-state index < -0.39 is 0 Å². The zero-order valence-electron chi connectivity index (χ0n) is 12.2. The first-order valence-electron chi connectivity index (χ1n) is 7.50. The third-order valence-corrected chi connectivity index (χ3v) is 4.14. The second-order valence-corrected chi connectivity index (χ2v) is 5.61. The lowest BCUT2D eigenvalue weighted by Gasteiger charge is -2.17. The van der Waals surface area contributed by atoms with Crippen LogP contribution in [-0.4, -0.2) is 21.1 Å². The van der Waals surface area contributed by atoms with Gasteiger partial charge in [0.1, 0.15) is 0 Å². The SMILES string of the molecule is Cc1c(NC(=O)C2CC=CCCCC2)cnc2[nH]ncc12. The highest BCUT2D eigenvalue weighted by Gasteiger charge is 2.19. The molecule has 0 aliphatic heterocycles. The number of carbonyl (C=O) groups is 1. The molecule has 1 atom stereocenters. The molecule has 2 heterocycles. The number of anilines is 1. The molecule has 0 spiro atoms. The second kappa shape index (κ2) is 6.08. The number of nitrogens with one attached hydrogen (secondary N) is 2. The fourth-order valence-electron chi connectivity index (χ4n) is 2.77. The van der Waals surface area contributed by atoms with Crippen molar-refractivity contribution in [3.05, 3.63) is 30.1 Å². The van der Waals surface area contributed by atoms with Gasteiger partial charge in [-0.25, -0.2) is 4.98 Å². The first-order valence-corrected chi connectivity index (χ1v) is 7.50. The van der Waals surface area contributed by atoms with E-state index in [0.29, 0.717) is 0 Å². The number of aromatic nitrogens is 3. The molecular weight excluding hydrogens is 264 g/mol. The zero-order valence-corrected chi connectivity index (χ0v) is 12.2. The van der Waals surface area contributed by atoms with Gasteiger partial charge in [0.25, 0.3) is 0 Å². The minimum atomic E-state index is 0.0565. The molecule has 0 fully saturated rings. The van der Waals surface area contributed by atoms with Gasteiger partial charge in [0.2, 0.25) is 5.91 Å². The monoisotopic (exact) mass is 284 g/mol. The van der Waals surface area contributed by atoms with Crippen LogP contribution in [0.1, 0.15) is 37.7 Å². The maximum atomic E-state index is 12.5. The number of nitrogens with zero attached hydrogens (tertiary/aromatic N) is 2. The summed E-state index contributed by atoms with van der Waals surface area (Å²) in [5, 5.41) is 10.8. The van der Waals surface area contributed by atoms with Gasteiger partial charge in [-0.05, 0) is 38.2 Å². The number of allylic oxidation sites excluding steroid dienone is 2. The summed E-state index contributed by atoms with van der Waals surface area (Å²) in [4.78, 5) is 16.7. The second-order valence-electron chi connectivity index (χ2n) is 5.61. The summed E-state index contributed by atoms with van der Waals surface area (Å²) in [6.45, 7) is 1.98. The third kappa shape index (κ3) is 2.96. The molecule has 0 radical (unpaired) electrons. The van der Waals surface area contributed by atoms with Crippen molar-refractivity contribution >= 4 is 22.6 Å². The fraction of sp³-hybridized carbons (Fsp3) is 0.438. The van der Waals surface area contributed by atoms with Gasteiger partial charge in [-0.1, -0.05) is 18.6 Å². The van der Waals surface area contributed by atoms with Crippen molar-refractivity contribution in [2.45, 2.75) is 39.0 Å². The maximum absolute atomic E-state index is 12.5. The van der Waals surface area contributed by atoms with Crippen LogP contribution in [0.25, 0.3) is 11.0 Å². The number of pyridine rings is 1. The number of hydrogen-bond acceptors (Lipinski definition) is 3. The van der Waals surface area contributed by atoms with Crippen LogP contribution in [0.2, 0.25) is 0 Å². The fourth-order valence-corrected chi connectivity index (χ4v) is 2.77. The van der Waals surface area contributed by atoms with Gasteiger partial charge < -0.3 is 5.32 Å². The van der Waals surface area contributed by atoms with E-state index in [9.17, 15) is 4.79 Å². The van der Waals surface area contributed by atoms with E-state index in [4.69, 9.17) is 0 Å². The standard InChI is InChI=1S/C16H20N4O/c1-11-13-9-18-20-15(13)17-10-14(11)19-16(21)12-7-5-3-2-4-6-8-12/h3,5,9-10,12H,2,4,6-8H2,1H3,(H,19,21)(H,17,18,20). The predicted octanol–water partition coefficient (Wildman–Crippen LogP) is 3.34. The molecular formula is C16H20N4O. The topological polar surface area (TPSA) is 70.7 Å². The first-order chi connectivity index (χ1) is 10.3. The maximum Gasteiger partial charge on any atom is 0.227 e. The molecule has 1 aliphatic carbocycles. The number of aryl methyl sites for hydroxylation is 1. The van der Waals surface area contributed by atoms with E-state index in [1.807, 2.05) is 6.92 Å². The number of aromatic amines is 1. The van der Waals surface area contributed by atoms with Crippen LogP contribution in [0.3, 0.4) is 0 Å². The van der Waals surface area contributed by atoms with Crippen LogP contribution < -0.4 is 5.32 Å². The molecule has 0 saturated carbocycles. The van der Waals surface area contributed by atoms with Crippen LogP contribution in [-0.2, 0) is 4.79 Å². The van der Waals surface area contributed by atoms with E-state index >= 15 is 0 Å². The third-order valence-electron chi connectivity index (χ3n) is 4.14. The van der Waals surface area contributed by atoms with Crippen LogP contribution in [0.4, 0.5) is 5.69 Å². The molecule has 2 N–H and O–H groups in total. The summed E-state index contributed by atoms with van der Waals surface area (Å²) in [5.74, 6) is 0.148. The van der Waals surface area contributed by atoms with Gasteiger partial charge in [0.05, 0.1) is 18.1 Å². The number of fused-ring (bicyclic) bond motifs is 1. The Morgan fingerprint density at radius 3 is 3.14 bits per heavy atom. The average molecular weight is 284 g/mol. The number of amides is 1. The Morgan fingerprint density at radius 2 is 2.24 bits per heavy atom. The van der Waals surface area contributed by atoms with Gasteiger partial charge in [-0.15, -0.1) is 0 Å². The summed E-state index contributed by atoms with van der Waals surface area (Å²) in [6, 6.07) is 0. The molecule has 0 aromatic carbocycles. The lowest BCUT2D eigenvalue weighted by atomic mass is 9.94. The normalized spacial score (nSPS) is 19.2. The summed E-state index contributed by atoms with van der Waals surface area (Å²) in [6.07, 6.45) is 13.0. The van der Waals surface area contributed by atoms with Crippen molar-refractivity contribution in [2.75, 3.05) is 5.32 Å². The number of H-pyrrole nitrogens is 1. The predicted molar refractivity (Wildman–Crippen MR) is 83.0 cm³/mol. The highest BCUT2D eigenvalue weighted by Crippen LogP contribution is 2.24. The van der Waals surface area contributed by atoms with Crippen molar-refractivity contribution in [2.24, 2.45) is 5.92 Å². The minimum absolute atomic E-state index is 0.0565.